The van der Waals surface area contributed by atoms with Crippen LogP contribution in [0.1, 0.15) is 17.2 Å². The number of thiocarbonyl (C=S) groups is 1. The predicted octanol–water partition coefficient (Wildman–Crippen LogP) is 3.26. The fraction of sp³-hybridized carbons (Fsp3) is 0.118. The maximum absolute atomic E-state index is 5.32. The van der Waals surface area contributed by atoms with Gasteiger partial charge in [0.05, 0.1) is 13.2 Å². The van der Waals surface area contributed by atoms with Gasteiger partial charge in [-0.05, 0) is 41.6 Å². The van der Waals surface area contributed by atoms with Gasteiger partial charge in [-0.1, -0.05) is 42.5 Å². The summed E-state index contributed by atoms with van der Waals surface area (Å²) in [4.78, 5) is 0. The Hall–Kier alpha value is -2.33. The van der Waals surface area contributed by atoms with E-state index in [9.17, 15) is 0 Å². The average Bonchev–Trinajstić information content (AvgIpc) is 2.55. The van der Waals surface area contributed by atoms with Crippen LogP contribution >= 0.6 is 12.2 Å². The largest absolute Gasteiger partial charge is 0.497 e. The van der Waals surface area contributed by atoms with Crippen LogP contribution in [0.25, 0.3) is 5.70 Å². The fourth-order valence-corrected chi connectivity index (χ4v) is 2.56. The van der Waals surface area contributed by atoms with E-state index < -0.39 is 0 Å². The summed E-state index contributed by atoms with van der Waals surface area (Å²) in [6, 6.07) is 18.2. The highest BCUT2D eigenvalue weighted by atomic mass is 32.1. The molecule has 1 aliphatic rings. The molecule has 3 rings (SSSR count). The van der Waals surface area contributed by atoms with Crippen LogP contribution in [-0.2, 0) is 0 Å². The van der Waals surface area contributed by atoms with E-state index in [-0.39, 0.29) is 6.04 Å². The Labute approximate surface area is 129 Å². The molecule has 0 bridgehead atoms. The van der Waals surface area contributed by atoms with Gasteiger partial charge < -0.3 is 15.4 Å². The molecule has 0 fully saturated rings. The number of nitrogens with one attached hydrogen (secondary N) is 2. The lowest BCUT2D eigenvalue weighted by molar-refractivity contribution is 0.414. The van der Waals surface area contributed by atoms with Crippen molar-refractivity contribution in [3.63, 3.8) is 0 Å². The highest BCUT2D eigenvalue weighted by Crippen LogP contribution is 2.24. The highest BCUT2D eigenvalue weighted by molar-refractivity contribution is 7.80. The summed E-state index contributed by atoms with van der Waals surface area (Å²) in [6.45, 7) is 0. The van der Waals surface area contributed by atoms with E-state index in [1.165, 1.54) is 0 Å². The maximum atomic E-state index is 5.32. The second-order valence-corrected chi connectivity index (χ2v) is 5.20. The van der Waals surface area contributed by atoms with Gasteiger partial charge in [-0.3, -0.25) is 0 Å². The molecule has 0 aliphatic carbocycles. The van der Waals surface area contributed by atoms with E-state index in [0.29, 0.717) is 5.11 Å². The van der Waals surface area contributed by atoms with Gasteiger partial charge in [0.25, 0.3) is 0 Å². The zero-order valence-corrected chi connectivity index (χ0v) is 12.5. The zero-order chi connectivity index (χ0) is 14.7. The van der Waals surface area contributed by atoms with Gasteiger partial charge in [0.15, 0.2) is 5.11 Å². The molecule has 0 unspecified atom stereocenters. The Balaban J connectivity index is 1.92. The SMILES string of the molecule is COc1ccc([C@H]2C=C(c3ccccc3)NC(=S)N2)cc1. The van der Waals surface area contributed by atoms with Gasteiger partial charge >= 0.3 is 0 Å². The number of methoxy groups -OCH3 is 1. The topological polar surface area (TPSA) is 33.3 Å². The van der Waals surface area contributed by atoms with Crippen molar-refractivity contribution < 1.29 is 4.74 Å². The van der Waals surface area contributed by atoms with Crippen molar-refractivity contribution in [2.24, 2.45) is 0 Å². The van der Waals surface area contributed by atoms with E-state index >= 15 is 0 Å². The van der Waals surface area contributed by atoms with Crippen molar-refractivity contribution in [2.75, 3.05) is 7.11 Å². The smallest absolute Gasteiger partial charge is 0.171 e. The van der Waals surface area contributed by atoms with Gasteiger partial charge in [0, 0.05) is 5.70 Å². The molecule has 0 amide bonds. The molecule has 2 N–H and O–H groups in total. The number of rotatable bonds is 3. The molecule has 21 heavy (non-hydrogen) atoms. The molecule has 1 atom stereocenters. The first-order valence-corrected chi connectivity index (χ1v) is 7.16. The van der Waals surface area contributed by atoms with Crippen molar-refractivity contribution in [1.82, 2.24) is 10.6 Å². The van der Waals surface area contributed by atoms with Gasteiger partial charge in [-0.25, -0.2) is 0 Å². The summed E-state index contributed by atoms with van der Waals surface area (Å²) in [7, 11) is 1.67. The molecule has 1 aliphatic heterocycles. The Bertz CT molecular complexity index is 665. The Morgan fingerprint density at radius 3 is 2.38 bits per heavy atom. The van der Waals surface area contributed by atoms with Gasteiger partial charge in [-0.2, -0.15) is 0 Å². The number of hydrogen-bond acceptors (Lipinski definition) is 2. The van der Waals surface area contributed by atoms with Crippen LogP contribution in [0.3, 0.4) is 0 Å². The van der Waals surface area contributed by atoms with Crippen LogP contribution in [-0.4, -0.2) is 12.2 Å². The highest BCUT2D eigenvalue weighted by Gasteiger charge is 2.18. The molecule has 3 nitrogen and oxygen atoms in total. The summed E-state index contributed by atoms with van der Waals surface area (Å²) in [5, 5.41) is 7.12. The van der Waals surface area contributed by atoms with Crippen LogP contribution in [0.4, 0.5) is 0 Å². The van der Waals surface area contributed by atoms with E-state index in [0.717, 1.165) is 22.6 Å². The standard InChI is InChI=1S/C17H16N2OS/c1-20-14-9-7-13(8-10-14)16-11-15(18-17(21)19-16)12-5-3-2-4-6-12/h2-11,16H,1H3,(H2,18,19,21)/t16-/m1/s1. The molecule has 0 spiro atoms. The first-order chi connectivity index (χ1) is 10.3. The average molecular weight is 296 g/mol. The van der Waals surface area contributed by atoms with Crippen molar-refractivity contribution in [1.29, 1.82) is 0 Å². The quantitative estimate of drug-likeness (QED) is 0.852. The lowest BCUT2D eigenvalue weighted by Crippen LogP contribution is -2.40. The minimum Gasteiger partial charge on any atom is -0.497 e. The Morgan fingerprint density at radius 1 is 1.00 bits per heavy atom. The summed E-state index contributed by atoms with van der Waals surface area (Å²) in [6.07, 6.45) is 2.15. The first kappa shape index (κ1) is 13.6. The van der Waals surface area contributed by atoms with Crippen LogP contribution in [0, 0.1) is 0 Å². The fourth-order valence-electron chi connectivity index (χ4n) is 2.33. The van der Waals surface area contributed by atoms with Crippen LogP contribution in [0.2, 0.25) is 0 Å². The van der Waals surface area contributed by atoms with Crippen LogP contribution in [0.15, 0.2) is 60.7 Å². The summed E-state index contributed by atoms with van der Waals surface area (Å²) >= 11 is 5.32. The first-order valence-electron chi connectivity index (χ1n) is 6.75. The van der Waals surface area contributed by atoms with Crippen molar-refractivity contribution in [3.05, 3.63) is 71.8 Å². The molecule has 2 aromatic rings. The molecular weight excluding hydrogens is 280 g/mol. The molecule has 106 valence electrons. The lowest BCUT2D eigenvalue weighted by atomic mass is 10.0. The second kappa shape index (κ2) is 5.97. The van der Waals surface area contributed by atoms with Crippen molar-refractivity contribution >= 4 is 23.0 Å². The number of hydrogen-bond donors (Lipinski definition) is 2. The predicted molar refractivity (Wildman–Crippen MR) is 89.0 cm³/mol. The molecule has 0 saturated heterocycles. The van der Waals surface area contributed by atoms with Crippen molar-refractivity contribution in [3.8, 4) is 5.75 Å². The molecule has 0 radical (unpaired) electrons. The van der Waals surface area contributed by atoms with E-state index in [4.69, 9.17) is 17.0 Å². The van der Waals surface area contributed by atoms with E-state index in [1.54, 1.807) is 7.11 Å². The molecule has 0 saturated carbocycles. The minimum atomic E-state index is 0.0554. The van der Waals surface area contributed by atoms with Crippen LogP contribution in [0.5, 0.6) is 5.75 Å². The molecule has 1 heterocycles. The minimum absolute atomic E-state index is 0.0554. The lowest BCUT2D eigenvalue weighted by Gasteiger charge is -2.26. The molecule has 2 aromatic carbocycles. The summed E-state index contributed by atoms with van der Waals surface area (Å²) in [5.41, 5.74) is 3.30. The molecule has 4 heteroatoms. The summed E-state index contributed by atoms with van der Waals surface area (Å²) in [5.74, 6) is 0.850. The van der Waals surface area contributed by atoms with Crippen LogP contribution < -0.4 is 15.4 Å². The zero-order valence-electron chi connectivity index (χ0n) is 11.7. The Morgan fingerprint density at radius 2 is 1.71 bits per heavy atom. The normalized spacial score (nSPS) is 17.5. The van der Waals surface area contributed by atoms with Crippen molar-refractivity contribution in [2.45, 2.75) is 6.04 Å². The molecule has 0 aromatic heterocycles. The van der Waals surface area contributed by atoms with Gasteiger partial charge in [0.2, 0.25) is 0 Å². The van der Waals surface area contributed by atoms with E-state index in [2.05, 4.69) is 28.8 Å². The third kappa shape index (κ3) is 3.06. The number of benzene rings is 2. The maximum Gasteiger partial charge on any atom is 0.171 e. The third-order valence-electron chi connectivity index (χ3n) is 3.43. The summed E-state index contributed by atoms with van der Waals surface area (Å²) < 4.78 is 5.19. The van der Waals surface area contributed by atoms with E-state index in [1.807, 2.05) is 42.5 Å². The Kier molecular flexibility index (Phi) is 3.88. The van der Waals surface area contributed by atoms with Gasteiger partial charge in [-0.15, -0.1) is 0 Å². The third-order valence-corrected chi connectivity index (χ3v) is 3.65. The molecular formula is C17H16N2OS. The van der Waals surface area contributed by atoms with Gasteiger partial charge in [0.1, 0.15) is 5.75 Å². The second-order valence-electron chi connectivity index (χ2n) is 4.80. The monoisotopic (exact) mass is 296 g/mol. The number of ether oxygens (including phenoxy) is 1.